The molecule has 0 fully saturated rings. The van der Waals surface area contributed by atoms with Gasteiger partial charge in [-0.05, 0) is 36.4 Å². The van der Waals surface area contributed by atoms with Crippen LogP contribution in [0, 0.1) is 0 Å². The van der Waals surface area contributed by atoms with Crippen LogP contribution in [0.15, 0.2) is 54.9 Å². The van der Waals surface area contributed by atoms with Crippen LogP contribution in [0.2, 0.25) is 0 Å². The van der Waals surface area contributed by atoms with Crippen LogP contribution in [0.1, 0.15) is 16.7 Å². The Morgan fingerprint density at radius 1 is 0.857 bits per heavy atom. The van der Waals surface area contributed by atoms with Crippen LogP contribution in [0.5, 0.6) is 11.5 Å². The van der Waals surface area contributed by atoms with Crippen LogP contribution in [-0.2, 0) is 18.6 Å². The molecule has 4 rings (SSSR count). The molecule has 4 aromatic rings. The zero-order valence-electron chi connectivity index (χ0n) is 17.8. The van der Waals surface area contributed by atoms with E-state index in [4.69, 9.17) is 9.47 Å². The van der Waals surface area contributed by atoms with Gasteiger partial charge in [-0.15, -0.1) is 0 Å². The molecule has 0 bridgehead atoms. The zero-order valence-corrected chi connectivity index (χ0v) is 17.8. The molecule has 0 radical (unpaired) electrons. The first-order chi connectivity index (χ1) is 16.3. The van der Waals surface area contributed by atoms with E-state index in [0.29, 0.717) is 11.8 Å². The van der Waals surface area contributed by atoms with Crippen molar-refractivity contribution in [3.05, 3.63) is 71.5 Å². The SMILES string of the molecule is COc1ccc(OCc2cnc3c(cc(C(O)(O)C(F)(F)F)c4cccnc43)c2C(F)(F)F)cc1. The Bertz CT molecular complexity index is 1390. The number of rotatable bonds is 5. The third-order valence-electron chi connectivity index (χ3n) is 5.31. The minimum absolute atomic E-state index is 0.210. The Morgan fingerprint density at radius 3 is 2.09 bits per heavy atom. The number of methoxy groups -OCH3 is 1. The Kier molecular flexibility index (Phi) is 5.97. The number of hydrogen-bond acceptors (Lipinski definition) is 6. The quantitative estimate of drug-likeness (QED) is 0.227. The molecule has 2 aromatic heterocycles. The first kappa shape index (κ1) is 24.5. The van der Waals surface area contributed by atoms with Gasteiger partial charge in [-0.1, -0.05) is 6.07 Å². The molecule has 0 aliphatic heterocycles. The molecule has 0 atom stereocenters. The molecule has 0 saturated heterocycles. The topological polar surface area (TPSA) is 84.7 Å². The van der Waals surface area contributed by atoms with Crippen molar-refractivity contribution in [3.8, 4) is 11.5 Å². The van der Waals surface area contributed by atoms with Crippen molar-refractivity contribution in [1.29, 1.82) is 0 Å². The number of aromatic nitrogens is 2. The lowest BCUT2D eigenvalue weighted by Gasteiger charge is -2.27. The van der Waals surface area contributed by atoms with Gasteiger partial charge in [0.1, 0.15) is 18.1 Å². The Labute approximate surface area is 193 Å². The van der Waals surface area contributed by atoms with Crippen molar-refractivity contribution in [2.24, 2.45) is 0 Å². The number of benzene rings is 2. The number of pyridine rings is 2. The summed E-state index contributed by atoms with van der Waals surface area (Å²) in [6, 6.07) is 8.71. The highest BCUT2D eigenvalue weighted by atomic mass is 19.4. The van der Waals surface area contributed by atoms with Crippen LogP contribution in [0.25, 0.3) is 21.8 Å². The molecule has 0 spiro atoms. The van der Waals surface area contributed by atoms with E-state index in [0.717, 1.165) is 18.5 Å². The van der Waals surface area contributed by atoms with E-state index >= 15 is 0 Å². The molecule has 2 N–H and O–H groups in total. The molecule has 0 aliphatic rings. The van der Waals surface area contributed by atoms with Crippen LogP contribution < -0.4 is 9.47 Å². The molecule has 0 unspecified atom stereocenters. The minimum atomic E-state index is -5.61. The van der Waals surface area contributed by atoms with Crippen molar-refractivity contribution in [2.75, 3.05) is 7.11 Å². The first-order valence-electron chi connectivity index (χ1n) is 9.90. The molecule has 6 nitrogen and oxygen atoms in total. The highest BCUT2D eigenvalue weighted by molar-refractivity contribution is 6.06. The van der Waals surface area contributed by atoms with Gasteiger partial charge in [-0.2, -0.15) is 26.3 Å². The molecular formula is C23H16F6N2O4. The maximum absolute atomic E-state index is 14.2. The summed E-state index contributed by atoms with van der Waals surface area (Å²) in [5.74, 6) is -3.74. The summed E-state index contributed by atoms with van der Waals surface area (Å²) in [6.07, 6.45) is -8.61. The van der Waals surface area contributed by atoms with Gasteiger partial charge in [0.2, 0.25) is 0 Å². The number of nitrogens with zero attached hydrogens (tertiary/aromatic N) is 2. The van der Waals surface area contributed by atoms with Gasteiger partial charge in [0.25, 0.3) is 5.79 Å². The summed E-state index contributed by atoms with van der Waals surface area (Å²) < 4.78 is 93.3. The number of fused-ring (bicyclic) bond motifs is 3. The number of aliphatic hydroxyl groups is 2. The van der Waals surface area contributed by atoms with Crippen molar-refractivity contribution >= 4 is 21.8 Å². The predicted molar refractivity (Wildman–Crippen MR) is 112 cm³/mol. The summed E-state index contributed by atoms with van der Waals surface area (Å²) >= 11 is 0. The monoisotopic (exact) mass is 498 g/mol. The van der Waals surface area contributed by atoms with Crippen molar-refractivity contribution in [3.63, 3.8) is 0 Å². The summed E-state index contributed by atoms with van der Waals surface area (Å²) in [5, 5.41) is 18.6. The van der Waals surface area contributed by atoms with E-state index in [-0.39, 0.29) is 16.8 Å². The number of hydrogen-bond donors (Lipinski definition) is 2. The third kappa shape index (κ3) is 4.42. The lowest BCUT2D eigenvalue weighted by molar-refractivity contribution is -0.357. The molecule has 2 heterocycles. The van der Waals surface area contributed by atoms with Gasteiger partial charge in [-0.25, -0.2) is 0 Å². The van der Waals surface area contributed by atoms with Crippen molar-refractivity contribution in [2.45, 2.75) is 24.7 Å². The largest absolute Gasteiger partial charge is 0.497 e. The van der Waals surface area contributed by atoms with E-state index in [1.807, 2.05) is 0 Å². The number of ether oxygens (including phenoxy) is 2. The average molecular weight is 498 g/mol. The Balaban J connectivity index is 1.94. The molecule has 0 saturated carbocycles. The van der Waals surface area contributed by atoms with E-state index in [9.17, 15) is 36.6 Å². The van der Waals surface area contributed by atoms with Gasteiger partial charge in [-0.3, -0.25) is 9.97 Å². The van der Waals surface area contributed by atoms with Crippen molar-refractivity contribution < 1.29 is 46.0 Å². The molecule has 35 heavy (non-hydrogen) atoms. The summed E-state index contributed by atoms with van der Waals surface area (Å²) in [5.41, 5.74) is -3.73. The van der Waals surface area contributed by atoms with E-state index < -0.39 is 52.2 Å². The van der Waals surface area contributed by atoms with Gasteiger partial charge in [0, 0.05) is 34.3 Å². The molecule has 184 valence electrons. The minimum Gasteiger partial charge on any atom is -0.497 e. The molecule has 12 heteroatoms. The second kappa shape index (κ2) is 8.54. The van der Waals surface area contributed by atoms with Crippen LogP contribution >= 0.6 is 0 Å². The van der Waals surface area contributed by atoms with Crippen LogP contribution in [0.4, 0.5) is 26.3 Å². The van der Waals surface area contributed by atoms with E-state index in [2.05, 4.69) is 9.97 Å². The maximum atomic E-state index is 14.2. The normalized spacial score (nSPS) is 12.8. The fourth-order valence-electron chi connectivity index (χ4n) is 3.65. The standard InChI is InChI=1S/C23H16F6N2O4/c1-34-13-4-6-14(7-5-13)35-11-12-10-31-20-16(18(12)22(24,25)26)9-17(21(32,33)23(27,28)29)15-3-2-8-30-19(15)20/h2-10,32-33H,11H2,1H3. The lowest BCUT2D eigenvalue weighted by Crippen LogP contribution is -2.42. The number of halogens is 6. The van der Waals surface area contributed by atoms with Gasteiger partial charge >= 0.3 is 12.4 Å². The highest BCUT2D eigenvalue weighted by Crippen LogP contribution is 2.44. The molecule has 2 aromatic carbocycles. The summed E-state index contributed by atoms with van der Waals surface area (Å²) in [6.45, 7) is -0.623. The predicted octanol–water partition coefficient (Wildman–Crippen LogP) is 5.09. The fraction of sp³-hybridized carbons (Fsp3) is 0.217. The second-order valence-corrected chi connectivity index (χ2v) is 7.51. The lowest BCUT2D eigenvalue weighted by atomic mass is 9.93. The zero-order chi connectivity index (χ0) is 25.6. The Hall–Kier alpha value is -3.64. The average Bonchev–Trinajstić information content (AvgIpc) is 2.80. The maximum Gasteiger partial charge on any atom is 0.447 e. The Morgan fingerprint density at radius 2 is 1.49 bits per heavy atom. The smallest absolute Gasteiger partial charge is 0.447 e. The number of alkyl halides is 6. The van der Waals surface area contributed by atoms with E-state index in [1.54, 1.807) is 0 Å². The molecule has 0 aliphatic carbocycles. The van der Waals surface area contributed by atoms with Gasteiger partial charge in [0.05, 0.1) is 23.7 Å². The van der Waals surface area contributed by atoms with E-state index in [1.165, 1.54) is 37.4 Å². The fourth-order valence-corrected chi connectivity index (χ4v) is 3.65. The first-order valence-corrected chi connectivity index (χ1v) is 9.90. The van der Waals surface area contributed by atoms with Crippen molar-refractivity contribution in [1.82, 2.24) is 9.97 Å². The highest BCUT2D eigenvalue weighted by Gasteiger charge is 2.55. The van der Waals surface area contributed by atoms with Gasteiger partial charge in [0.15, 0.2) is 0 Å². The summed E-state index contributed by atoms with van der Waals surface area (Å²) in [4.78, 5) is 7.87. The van der Waals surface area contributed by atoms with Crippen LogP contribution in [0.3, 0.4) is 0 Å². The molecule has 0 amide bonds. The van der Waals surface area contributed by atoms with Gasteiger partial charge < -0.3 is 19.7 Å². The molecular weight excluding hydrogens is 482 g/mol. The second-order valence-electron chi connectivity index (χ2n) is 7.51. The third-order valence-corrected chi connectivity index (χ3v) is 5.31. The summed E-state index contributed by atoms with van der Waals surface area (Å²) in [7, 11) is 1.44. The van der Waals surface area contributed by atoms with Crippen LogP contribution in [-0.4, -0.2) is 33.5 Å².